The Morgan fingerprint density at radius 3 is 2.76 bits per heavy atom. The van der Waals surface area contributed by atoms with E-state index < -0.39 is 10.0 Å². The molecule has 0 spiro atoms. The molecule has 0 saturated carbocycles. The largest absolute Gasteiger partial charge is 0.352 e. The molecule has 0 aromatic heterocycles. The highest BCUT2D eigenvalue weighted by Crippen LogP contribution is 2.18. The number of hydrogen-bond acceptors (Lipinski definition) is 3. The molecule has 1 aliphatic carbocycles. The van der Waals surface area contributed by atoms with Crippen LogP contribution in [0.4, 0.5) is 0 Å². The van der Waals surface area contributed by atoms with Crippen molar-refractivity contribution in [3.8, 4) is 0 Å². The van der Waals surface area contributed by atoms with E-state index in [4.69, 9.17) is 5.14 Å². The molecule has 1 aromatic rings. The highest BCUT2D eigenvalue weighted by Gasteiger charge is 2.16. The summed E-state index contributed by atoms with van der Waals surface area (Å²) in [7, 11) is -3.81. The first-order chi connectivity index (χ1) is 9.88. The standard InChI is InChI=1S/C15H20N2O3S/c1-11-7-8-13(9-14(11)21(16,19)20)15(18)17-10-12-5-3-2-4-6-12/h2-3,7-9,12H,4-6,10H2,1H3,(H,17,18)(H2,16,19,20). The van der Waals surface area contributed by atoms with Gasteiger partial charge in [-0.25, -0.2) is 13.6 Å². The monoisotopic (exact) mass is 308 g/mol. The number of nitrogens with one attached hydrogen (secondary N) is 1. The van der Waals surface area contributed by atoms with E-state index in [1.54, 1.807) is 19.1 Å². The SMILES string of the molecule is Cc1ccc(C(=O)NCC2CC=CCC2)cc1S(N)(=O)=O. The average Bonchev–Trinajstić information content (AvgIpc) is 2.45. The number of hydrogen-bond donors (Lipinski definition) is 2. The molecule has 3 N–H and O–H groups in total. The zero-order valence-corrected chi connectivity index (χ0v) is 12.8. The molecule has 1 atom stereocenters. The third-order valence-corrected chi connectivity index (χ3v) is 4.74. The predicted molar refractivity (Wildman–Crippen MR) is 81.4 cm³/mol. The molecule has 0 fully saturated rings. The zero-order chi connectivity index (χ0) is 15.5. The lowest BCUT2D eigenvalue weighted by Crippen LogP contribution is -2.30. The van der Waals surface area contributed by atoms with Crippen LogP contribution in [0, 0.1) is 12.8 Å². The number of nitrogens with two attached hydrogens (primary N) is 1. The second-order valence-electron chi connectivity index (χ2n) is 5.39. The van der Waals surface area contributed by atoms with Crippen molar-refractivity contribution in [3.63, 3.8) is 0 Å². The van der Waals surface area contributed by atoms with E-state index in [0.29, 0.717) is 23.6 Å². The summed E-state index contributed by atoms with van der Waals surface area (Å²) in [6.45, 7) is 2.25. The van der Waals surface area contributed by atoms with E-state index in [9.17, 15) is 13.2 Å². The minimum absolute atomic E-state index is 0.00394. The third kappa shape index (κ3) is 4.15. The fourth-order valence-corrected chi connectivity index (χ4v) is 3.24. The summed E-state index contributed by atoms with van der Waals surface area (Å²) in [4.78, 5) is 12.1. The minimum atomic E-state index is -3.81. The van der Waals surface area contributed by atoms with Gasteiger partial charge in [0, 0.05) is 12.1 Å². The van der Waals surface area contributed by atoms with Crippen molar-refractivity contribution in [2.24, 2.45) is 11.1 Å². The molecule has 1 aliphatic rings. The molecule has 0 radical (unpaired) electrons. The van der Waals surface area contributed by atoms with Crippen molar-refractivity contribution in [2.45, 2.75) is 31.1 Å². The lowest BCUT2D eigenvalue weighted by atomic mass is 9.94. The molecule has 0 saturated heterocycles. The number of primary sulfonamides is 1. The molecule has 1 aromatic carbocycles. The number of benzene rings is 1. The van der Waals surface area contributed by atoms with Crippen molar-refractivity contribution < 1.29 is 13.2 Å². The Kier molecular flexibility index (Phi) is 4.80. The van der Waals surface area contributed by atoms with Crippen molar-refractivity contribution in [1.29, 1.82) is 0 Å². The Morgan fingerprint density at radius 1 is 1.38 bits per heavy atom. The molecular weight excluding hydrogens is 288 g/mol. The van der Waals surface area contributed by atoms with Crippen molar-refractivity contribution in [1.82, 2.24) is 5.32 Å². The van der Waals surface area contributed by atoms with Gasteiger partial charge in [-0.1, -0.05) is 18.2 Å². The molecule has 21 heavy (non-hydrogen) atoms. The summed E-state index contributed by atoms with van der Waals surface area (Å²) in [5.41, 5.74) is 0.849. The number of carbonyl (C=O) groups is 1. The summed E-state index contributed by atoms with van der Waals surface area (Å²) in [6.07, 6.45) is 7.35. The van der Waals surface area contributed by atoms with Gasteiger partial charge in [-0.2, -0.15) is 0 Å². The Labute approximate surface area is 125 Å². The van der Waals surface area contributed by atoms with Gasteiger partial charge < -0.3 is 5.32 Å². The first-order valence-electron chi connectivity index (χ1n) is 6.94. The van der Waals surface area contributed by atoms with E-state index in [1.807, 2.05) is 0 Å². The Hall–Kier alpha value is -1.66. The number of allylic oxidation sites excluding steroid dienone is 2. The van der Waals surface area contributed by atoms with Crippen molar-refractivity contribution in [3.05, 3.63) is 41.5 Å². The number of amides is 1. The second kappa shape index (κ2) is 6.41. The maximum absolute atomic E-state index is 12.1. The summed E-state index contributed by atoms with van der Waals surface area (Å²) < 4.78 is 22.9. The van der Waals surface area contributed by atoms with Gasteiger partial charge in [-0.05, 0) is 49.8 Å². The average molecular weight is 308 g/mol. The van der Waals surface area contributed by atoms with Crippen molar-refractivity contribution >= 4 is 15.9 Å². The molecule has 2 rings (SSSR count). The topological polar surface area (TPSA) is 89.3 Å². The molecule has 6 heteroatoms. The fourth-order valence-electron chi connectivity index (χ4n) is 2.43. The van der Waals surface area contributed by atoms with Crippen LogP contribution in [0.3, 0.4) is 0 Å². The molecule has 1 amide bonds. The summed E-state index contributed by atoms with van der Waals surface area (Å²) in [5, 5.41) is 8.01. The molecular formula is C15H20N2O3S. The van der Waals surface area contributed by atoms with Crippen LogP contribution in [0.15, 0.2) is 35.2 Å². The van der Waals surface area contributed by atoms with Gasteiger partial charge in [0.15, 0.2) is 0 Å². The predicted octanol–water partition coefficient (Wildman–Crippen LogP) is 1.73. The van der Waals surface area contributed by atoms with Crippen LogP contribution in [0.2, 0.25) is 0 Å². The number of sulfonamides is 1. The molecule has 0 bridgehead atoms. The van der Waals surface area contributed by atoms with E-state index in [2.05, 4.69) is 17.5 Å². The van der Waals surface area contributed by atoms with Gasteiger partial charge in [0.25, 0.3) is 5.91 Å². The number of rotatable bonds is 4. The van der Waals surface area contributed by atoms with E-state index >= 15 is 0 Å². The van der Waals surface area contributed by atoms with Crippen LogP contribution in [-0.2, 0) is 10.0 Å². The van der Waals surface area contributed by atoms with Gasteiger partial charge >= 0.3 is 0 Å². The van der Waals surface area contributed by atoms with Crippen LogP contribution in [0.1, 0.15) is 35.2 Å². The zero-order valence-electron chi connectivity index (χ0n) is 12.0. The molecule has 0 aliphatic heterocycles. The van der Waals surface area contributed by atoms with E-state index in [0.717, 1.165) is 19.3 Å². The van der Waals surface area contributed by atoms with Crippen LogP contribution < -0.4 is 10.5 Å². The van der Waals surface area contributed by atoms with Gasteiger partial charge in [-0.15, -0.1) is 0 Å². The van der Waals surface area contributed by atoms with Crippen molar-refractivity contribution in [2.75, 3.05) is 6.54 Å². The normalized spacial score (nSPS) is 18.5. The quantitative estimate of drug-likeness (QED) is 0.830. The maximum Gasteiger partial charge on any atom is 0.251 e. The van der Waals surface area contributed by atoms with Gasteiger partial charge in [0.1, 0.15) is 0 Å². The van der Waals surface area contributed by atoms with Crippen LogP contribution in [0.25, 0.3) is 0 Å². The van der Waals surface area contributed by atoms with E-state index in [1.165, 1.54) is 6.07 Å². The lowest BCUT2D eigenvalue weighted by Gasteiger charge is -2.18. The number of carbonyl (C=O) groups excluding carboxylic acids is 1. The maximum atomic E-state index is 12.1. The van der Waals surface area contributed by atoms with Gasteiger partial charge in [0.2, 0.25) is 10.0 Å². The fraction of sp³-hybridized carbons (Fsp3) is 0.400. The van der Waals surface area contributed by atoms with Crippen LogP contribution >= 0.6 is 0 Å². The molecule has 5 nitrogen and oxygen atoms in total. The van der Waals surface area contributed by atoms with E-state index in [-0.39, 0.29) is 10.8 Å². The first-order valence-corrected chi connectivity index (χ1v) is 8.49. The second-order valence-corrected chi connectivity index (χ2v) is 6.92. The molecule has 114 valence electrons. The molecule has 1 unspecified atom stereocenters. The lowest BCUT2D eigenvalue weighted by molar-refractivity contribution is 0.0946. The highest BCUT2D eigenvalue weighted by atomic mass is 32.2. The smallest absolute Gasteiger partial charge is 0.251 e. The number of aryl methyl sites for hydroxylation is 1. The van der Waals surface area contributed by atoms with Crippen LogP contribution in [-0.4, -0.2) is 20.9 Å². The Morgan fingerprint density at radius 2 is 2.14 bits per heavy atom. The summed E-state index contributed by atoms with van der Waals surface area (Å²) >= 11 is 0. The van der Waals surface area contributed by atoms with Gasteiger partial charge in [0.05, 0.1) is 4.90 Å². The van der Waals surface area contributed by atoms with Crippen LogP contribution in [0.5, 0.6) is 0 Å². The Bertz CT molecular complexity index is 665. The van der Waals surface area contributed by atoms with Gasteiger partial charge in [-0.3, -0.25) is 4.79 Å². The minimum Gasteiger partial charge on any atom is -0.352 e. The molecule has 0 heterocycles. The third-order valence-electron chi connectivity index (χ3n) is 3.69. The first kappa shape index (κ1) is 15.7. The summed E-state index contributed by atoms with van der Waals surface area (Å²) in [6, 6.07) is 4.54. The highest BCUT2D eigenvalue weighted by molar-refractivity contribution is 7.89. The summed E-state index contributed by atoms with van der Waals surface area (Å²) in [5.74, 6) is 0.177. The Balaban J connectivity index is 2.07.